The molecular weight excluding hydrogens is 138 g/mol. The summed E-state index contributed by atoms with van der Waals surface area (Å²) in [6.45, 7) is 2.00. The minimum Gasteiger partial charge on any atom is -0.392 e. The number of aliphatic hydroxyl groups excluding tert-OH is 1. The Labute approximate surface area is 66.2 Å². The van der Waals surface area contributed by atoms with Crippen LogP contribution >= 0.6 is 0 Å². The van der Waals surface area contributed by atoms with Crippen molar-refractivity contribution in [3.63, 3.8) is 0 Å². The molecule has 2 heteroatoms. The Hall–Kier alpha value is -1.15. The molecule has 58 valence electrons. The maximum atomic E-state index is 8.59. The maximum Gasteiger partial charge on any atom is 0.0656 e. The van der Waals surface area contributed by atoms with Gasteiger partial charge in [0.1, 0.15) is 0 Å². The molecule has 0 aliphatic rings. The predicted octanol–water partition coefficient (Wildman–Crippen LogP) is 1.48. The number of hydrogen-bond donors (Lipinski definition) is 1. The van der Waals surface area contributed by atoms with Gasteiger partial charge in [-0.2, -0.15) is 0 Å². The largest absolute Gasteiger partial charge is 0.392 e. The van der Waals surface area contributed by atoms with Gasteiger partial charge in [-0.15, -0.1) is 0 Å². The summed E-state index contributed by atoms with van der Waals surface area (Å²) >= 11 is 0. The second kappa shape index (κ2) is 3.88. The summed E-state index contributed by atoms with van der Waals surface area (Å²) in [6.07, 6.45) is 3.48. The van der Waals surface area contributed by atoms with Crippen LogP contribution in [0, 0.1) is 0 Å². The molecule has 0 aliphatic heterocycles. The van der Waals surface area contributed by atoms with Crippen molar-refractivity contribution in [2.24, 2.45) is 0 Å². The van der Waals surface area contributed by atoms with Crippen molar-refractivity contribution in [1.82, 2.24) is 4.98 Å². The number of rotatable bonds is 2. The van der Waals surface area contributed by atoms with E-state index in [1.165, 1.54) is 0 Å². The van der Waals surface area contributed by atoms with Crippen LogP contribution in [0.3, 0.4) is 0 Å². The quantitative estimate of drug-likeness (QED) is 0.690. The highest BCUT2D eigenvalue weighted by Gasteiger charge is 1.92. The fourth-order valence-corrected chi connectivity index (χ4v) is 0.838. The van der Waals surface area contributed by atoms with Gasteiger partial charge in [0.15, 0.2) is 0 Å². The van der Waals surface area contributed by atoms with Crippen LogP contribution in [-0.4, -0.2) is 16.7 Å². The summed E-state index contributed by atoms with van der Waals surface area (Å²) in [4.78, 5) is 4.12. The lowest BCUT2D eigenvalue weighted by Crippen LogP contribution is -1.85. The Balaban J connectivity index is 2.85. The van der Waals surface area contributed by atoms with Crippen LogP contribution in [0.25, 0.3) is 5.57 Å². The number of aliphatic hydroxyl groups is 1. The lowest BCUT2D eigenvalue weighted by molar-refractivity contribution is 0.343. The van der Waals surface area contributed by atoms with E-state index in [2.05, 4.69) is 4.98 Å². The smallest absolute Gasteiger partial charge is 0.0656 e. The van der Waals surface area contributed by atoms with Crippen LogP contribution in [0.2, 0.25) is 0 Å². The third kappa shape index (κ3) is 2.16. The predicted molar refractivity (Wildman–Crippen MR) is 45.0 cm³/mol. The van der Waals surface area contributed by atoms with Crippen LogP contribution in [0.5, 0.6) is 0 Å². The zero-order valence-electron chi connectivity index (χ0n) is 6.49. The summed E-state index contributed by atoms with van der Waals surface area (Å²) in [5, 5.41) is 8.59. The molecule has 2 nitrogen and oxygen atoms in total. The molecule has 0 aliphatic carbocycles. The maximum absolute atomic E-state index is 8.59. The molecule has 1 rings (SSSR count). The molecule has 0 saturated heterocycles. The van der Waals surface area contributed by atoms with Gasteiger partial charge in [-0.05, 0) is 24.6 Å². The van der Waals surface area contributed by atoms with E-state index in [1.807, 2.05) is 25.1 Å². The molecule has 0 atom stereocenters. The zero-order valence-corrected chi connectivity index (χ0v) is 6.49. The molecule has 0 amide bonds. The van der Waals surface area contributed by atoms with Gasteiger partial charge in [0.25, 0.3) is 0 Å². The van der Waals surface area contributed by atoms with E-state index >= 15 is 0 Å². The summed E-state index contributed by atoms with van der Waals surface area (Å²) < 4.78 is 0. The standard InChI is InChI=1S/C9H11NO/c1-8(5-7-11)9-4-2-3-6-10-9/h2-6,11H,7H2,1H3/b8-5+. The monoisotopic (exact) mass is 149 g/mol. The number of nitrogens with zero attached hydrogens (tertiary/aromatic N) is 1. The first-order valence-corrected chi connectivity index (χ1v) is 3.53. The summed E-state index contributed by atoms with van der Waals surface area (Å²) in [6, 6.07) is 5.72. The van der Waals surface area contributed by atoms with Crippen LogP contribution < -0.4 is 0 Å². The topological polar surface area (TPSA) is 33.1 Å². The van der Waals surface area contributed by atoms with Crippen molar-refractivity contribution < 1.29 is 5.11 Å². The molecule has 0 spiro atoms. The highest BCUT2D eigenvalue weighted by atomic mass is 16.2. The first-order chi connectivity index (χ1) is 5.34. The van der Waals surface area contributed by atoms with Gasteiger partial charge in [0.05, 0.1) is 12.3 Å². The van der Waals surface area contributed by atoms with E-state index in [1.54, 1.807) is 12.3 Å². The SMILES string of the molecule is C/C(=C\CO)c1ccccn1. The van der Waals surface area contributed by atoms with E-state index < -0.39 is 0 Å². The van der Waals surface area contributed by atoms with Crippen molar-refractivity contribution >= 4 is 5.57 Å². The van der Waals surface area contributed by atoms with Crippen LogP contribution in [0.1, 0.15) is 12.6 Å². The van der Waals surface area contributed by atoms with Crippen LogP contribution in [0.4, 0.5) is 0 Å². The molecule has 0 saturated carbocycles. The highest BCUT2D eigenvalue weighted by Crippen LogP contribution is 2.07. The van der Waals surface area contributed by atoms with Crippen molar-refractivity contribution in [3.05, 3.63) is 36.2 Å². The molecule has 0 unspecified atom stereocenters. The molecule has 1 heterocycles. The highest BCUT2D eigenvalue weighted by molar-refractivity contribution is 5.59. The van der Waals surface area contributed by atoms with E-state index in [-0.39, 0.29) is 6.61 Å². The Morgan fingerprint density at radius 3 is 3.00 bits per heavy atom. The normalized spacial score (nSPS) is 11.6. The molecular formula is C9H11NO. The van der Waals surface area contributed by atoms with Crippen molar-refractivity contribution in [2.75, 3.05) is 6.61 Å². The van der Waals surface area contributed by atoms with Gasteiger partial charge >= 0.3 is 0 Å². The number of aromatic nitrogens is 1. The van der Waals surface area contributed by atoms with E-state index in [9.17, 15) is 0 Å². The second-order valence-corrected chi connectivity index (χ2v) is 2.28. The third-order valence-corrected chi connectivity index (χ3v) is 1.47. The zero-order chi connectivity index (χ0) is 8.10. The van der Waals surface area contributed by atoms with Crippen LogP contribution in [-0.2, 0) is 0 Å². The minimum absolute atomic E-state index is 0.0718. The van der Waals surface area contributed by atoms with Gasteiger partial charge in [-0.3, -0.25) is 4.98 Å². The average Bonchev–Trinajstić information content (AvgIpc) is 2.07. The number of pyridine rings is 1. The number of hydrogen-bond acceptors (Lipinski definition) is 2. The molecule has 0 aromatic carbocycles. The van der Waals surface area contributed by atoms with Gasteiger partial charge in [-0.1, -0.05) is 12.1 Å². The third-order valence-electron chi connectivity index (χ3n) is 1.47. The molecule has 1 N–H and O–H groups in total. The summed E-state index contributed by atoms with van der Waals surface area (Å²) in [5.74, 6) is 0. The van der Waals surface area contributed by atoms with Gasteiger partial charge in [0, 0.05) is 6.20 Å². The van der Waals surface area contributed by atoms with E-state index in [0.717, 1.165) is 11.3 Å². The van der Waals surface area contributed by atoms with Crippen molar-refractivity contribution in [3.8, 4) is 0 Å². The summed E-state index contributed by atoms with van der Waals surface area (Å²) in [7, 11) is 0. The van der Waals surface area contributed by atoms with Crippen molar-refractivity contribution in [1.29, 1.82) is 0 Å². The van der Waals surface area contributed by atoms with E-state index in [4.69, 9.17) is 5.11 Å². The Kier molecular flexibility index (Phi) is 2.81. The fraction of sp³-hybridized carbons (Fsp3) is 0.222. The Morgan fingerprint density at radius 1 is 1.64 bits per heavy atom. The first kappa shape index (κ1) is 7.95. The van der Waals surface area contributed by atoms with Crippen molar-refractivity contribution in [2.45, 2.75) is 6.92 Å². The lowest BCUT2D eigenvalue weighted by Gasteiger charge is -1.97. The Bertz CT molecular complexity index is 241. The van der Waals surface area contributed by atoms with Gasteiger partial charge in [0.2, 0.25) is 0 Å². The molecule has 0 radical (unpaired) electrons. The van der Waals surface area contributed by atoms with E-state index in [0.29, 0.717) is 0 Å². The Morgan fingerprint density at radius 2 is 2.45 bits per heavy atom. The average molecular weight is 149 g/mol. The van der Waals surface area contributed by atoms with Crippen LogP contribution in [0.15, 0.2) is 30.5 Å². The lowest BCUT2D eigenvalue weighted by atomic mass is 10.2. The molecule has 0 bridgehead atoms. The van der Waals surface area contributed by atoms with Gasteiger partial charge < -0.3 is 5.11 Å². The van der Waals surface area contributed by atoms with Gasteiger partial charge in [-0.25, -0.2) is 0 Å². The first-order valence-electron chi connectivity index (χ1n) is 3.53. The number of allylic oxidation sites excluding steroid dienone is 1. The fourth-order valence-electron chi connectivity index (χ4n) is 0.838. The molecule has 1 aromatic heterocycles. The summed E-state index contributed by atoms with van der Waals surface area (Å²) in [5.41, 5.74) is 1.93. The molecule has 1 aromatic rings. The second-order valence-electron chi connectivity index (χ2n) is 2.28. The molecule has 0 fully saturated rings. The molecule has 11 heavy (non-hydrogen) atoms. The minimum atomic E-state index is 0.0718.